The first-order chi connectivity index (χ1) is 11.6. The molecule has 1 N–H and O–H groups in total. The maximum Gasteiger partial charge on any atom is 0.241 e. The van der Waals surface area contributed by atoms with Crippen LogP contribution in [0.4, 0.5) is 0 Å². The molecular formula is C16H19BrN2O4S. The summed E-state index contributed by atoms with van der Waals surface area (Å²) >= 11 is 3.29. The van der Waals surface area contributed by atoms with Gasteiger partial charge in [-0.25, -0.2) is 13.1 Å². The number of nitrogens with one attached hydrogen (secondary N) is 1. The topological polar surface area (TPSA) is 71.8 Å². The van der Waals surface area contributed by atoms with Crippen LogP contribution in [0.3, 0.4) is 0 Å². The summed E-state index contributed by atoms with van der Waals surface area (Å²) in [5.74, 6) is 0.742. The molecule has 0 saturated carbocycles. The van der Waals surface area contributed by atoms with Crippen molar-refractivity contribution in [2.45, 2.75) is 10.9 Å². The van der Waals surface area contributed by atoms with E-state index in [1.54, 1.807) is 30.5 Å². The summed E-state index contributed by atoms with van der Waals surface area (Å²) in [5.41, 5.74) is 0. The van der Waals surface area contributed by atoms with E-state index in [-0.39, 0.29) is 17.5 Å². The molecular weight excluding hydrogens is 396 g/mol. The summed E-state index contributed by atoms with van der Waals surface area (Å²) in [4.78, 5) is 2.40. The molecule has 0 aliphatic carbocycles. The van der Waals surface area contributed by atoms with E-state index in [1.165, 1.54) is 0 Å². The van der Waals surface area contributed by atoms with Gasteiger partial charge in [0.05, 0.1) is 30.4 Å². The number of ether oxygens (including phenoxy) is 1. The van der Waals surface area contributed by atoms with Gasteiger partial charge in [0.2, 0.25) is 10.0 Å². The molecule has 130 valence electrons. The Kier molecular flexibility index (Phi) is 5.72. The van der Waals surface area contributed by atoms with Crippen LogP contribution in [0.5, 0.6) is 0 Å². The second kappa shape index (κ2) is 7.79. The first-order valence-corrected chi connectivity index (χ1v) is 9.95. The van der Waals surface area contributed by atoms with Gasteiger partial charge >= 0.3 is 0 Å². The van der Waals surface area contributed by atoms with Crippen molar-refractivity contribution in [1.82, 2.24) is 9.62 Å². The smallest absolute Gasteiger partial charge is 0.241 e. The Bertz CT molecular complexity index is 758. The third kappa shape index (κ3) is 4.07. The van der Waals surface area contributed by atoms with E-state index in [9.17, 15) is 8.42 Å². The lowest BCUT2D eigenvalue weighted by Crippen LogP contribution is -2.43. The van der Waals surface area contributed by atoms with Crippen molar-refractivity contribution >= 4 is 26.0 Å². The van der Waals surface area contributed by atoms with Crippen LogP contribution in [0.2, 0.25) is 0 Å². The second-order valence-electron chi connectivity index (χ2n) is 5.46. The maximum atomic E-state index is 12.6. The molecule has 3 rings (SSSR count). The quantitative estimate of drug-likeness (QED) is 0.785. The van der Waals surface area contributed by atoms with Gasteiger partial charge in [-0.15, -0.1) is 0 Å². The summed E-state index contributed by atoms with van der Waals surface area (Å²) in [7, 11) is -3.61. The van der Waals surface area contributed by atoms with Crippen LogP contribution in [0.15, 0.2) is 56.4 Å². The molecule has 1 aliphatic heterocycles. The van der Waals surface area contributed by atoms with E-state index in [0.717, 1.165) is 18.8 Å². The molecule has 2 aromatic rings. The Labute approximate surface area is 150 Å². The van der Waals surface area contributed by atoms with Crippen molar-refractivity contribution in [2.75, 3.05) is 32.8 Å². The van der Waals surface area contributed by atoms with E-state index < -0.39 is 10.0 Å². The van der Waals surface area contributed by atoms with Gasteiger partial charge in [0, 0.05) is 24.1 Å². The number of rotatable bonds is 6. The molecule has 6 nitrogen and oxygen atoms in total. The van der Waals surface area contributed by atoms with Gasteiger partial charge in [-0.05, 0) is 40.2 Å². The lowest BCUT2D eigenvalue weighted by molar-refractivity contribution is 0.0128. The molecule has 1 unspecified atom stereocenters. The number of nitrogens with zero attached hydrogens (tertiary/aromatic N) is 1. The number of halogens is 1. The molecule has 1 atom stereocenters. The second-order valence-corrected chi connectivity index (χ2v) is 8.05. The molecule has 0 radical (unpaired) electrons. The standard InChI is InChI=1S/C16H19BrN2O4S/c17-13-4-1-2-6-16(13)24(20,21)18-12-14(15-5-3-9-23-15)19-7-10-22-11-8-19/h1-6,9,14,18H,7-8,10-12H2. The number of morpholine rings is 1. The fourth-order valence-corrected chi connectivity index (χ4v) is 4.75. The highest BCUT2D eigenvalue weighted by Gasteiger charge is 2.27. The van der Waals surface area contributed by atoms with Crippen LogP contribution in [0, 0.1) is 0 Å². The molecule has 1 aliphatic rings. The summed E-state index contributed by atoms with van der Waals surface area (Å²) in [6, 6.07) is 10.3. The molecule has 1 fully saturated rings. The van der Waals surface area contributed by atoms with Crippen molar-refractivity contribution in [3.05, 3.63) is 52.9 Å². The number of benzene rings is 1. The molecule has 1 aromatic heterocycles. The molecule has 0 bridgehead atoms. The Morgan fingerprint density at radius 3 is 2.58 bits per heavy atom. The largest absolute Gasteiger partial charge is 0.468 e. The predicted molar refractivity (Wildman–Crippen MR) is 93.2 cm³/mol. The van der Waals surface area contributed by atoms with E-state index >= 15 is 0 Å². The molecule has 1 saturated heterocycles. The molecule has 8 heteroatoms. The summed E-state index contributed by atoms with van der Waals surface area (Å²) in [6.07, 6.45) is 1.60. The Morgan fingerprint density at radius 2 is 1.92 bits per heavy atom. The molecule has 1 aromatic carbocycles. The SMILES string of the molecule is O=S(=O)(NCC(c1ccco1)N1CCOCC1)c1ccccc1Br. The van der Waals surface area contributed by atoms with Gasteiger partial charge in [-0.3, -0.25) is 4.90 Å². The third-order valence-corrected chi connectivity index (χ3v) is 6.39. The molecule has 0 spiro atoms. The fraction of sp³-hybridized carbons (Fsp3) is 0.375. The van der Waals surface area contributed by atoms with Gasteiger partial charge in [0.1, 0.15) is 5.76 Å². The number of furan rings is 1. The van der Waals surface area contributed by atoms with Crippen LogP contribution in [-0.4, -0.2) is 46.2 Å². The van der Waals surface area contributed by atoms with Gasteiger partial charge < -0.3 is 9.15 Å². The zero-order valence-corrected chi connectivity index (χ0v) is 15.4. The molecule has 24 heavy (non-hydrogen) atoms. The van der Waals surface area contributed by atoms with Gasteiger partial charge in [0.15, 0.2) is 0 Å². The third-order valence-electron chi connectivity index (χ3n) is 3.95. The van der Waals surface area contributed by atoms with Gasteiger partial charge in [0.25, 0.3) is 0 Å². The minimum Gasteiger partial charge on any atom is -0.468 e. The van der Waals surface area contributed by atoms with E-state index in [0.29, 0.717) is 17.7 Å². The van der Waals surface area contributed by atoms with Crippen LogP contribution < -0.4 is 4.72 Å². The lowest BCUT2D eigenvalue weighted by Gasteiger charge is -2.33. The highest BCUT2D eigenvalue weighted by Crippen LogP contribution is 2.24. The molecule has 0 amide bonds. The Hall–Kier alpha value is -1.19. The van der Waals surface area contributed by atoms with Crippen LogP contribution in [-0.2, 0) is 14.8 Å². The highest BCUT2D eigenvalue weighted by atomic mass is 79.9. The summed E-state index contributed by atoms with van der Waals surface area (Å²) < 4.78 is 39.3. The minimum absolute atomic E-state index is 0.166. The van der Waals surface area contributed by atoms with Crippen molar-refractivity contribution in [3.63, 3.8) is 0 Å². The van der Waals surface area contributed by atoms with Crippen molar-refractivity contribution in [1.29, 1.82) is 0 Å². The minimum atomic E-state index is -3.61. The van der Waals surface area contributed by atoms with E-state index in [4.69, 9.17) is 9.15 Å². The Balaban J connectivity index is 1.77. The monoisotopic (exact) mass is 414 g/mol. The number of hydrogen-bond donors (Lipinski definition) is 1. The number of hydrogen-bond acceptors (Lipinski definition) is 5. The normalized spacial score (nSPS) is 17.7. The van der Waals surface area contributed by atoms with Gasteiger partial charge in [-0.1, -0.05) is 12.1 Å². The van der Waals surface area contributed by atoms with Crippen LogP contribution in [0.25, 0.3) is 0 Å². The number of sulfonamides is 1. The molecule has 2 heterocycles. The zero-order chi connectivity index (χ0) is 17.0. The lowest BCUT2D eigenvalue weighted by atomic mass is 10.2. The van der Waals surface area contributed by atoms with E-state index in [2.05, 4.69) is 25.6 Å². The van der Waals surface area contributed by atoms with Crippen LogP contribution >= 0.6 is 15.9 Å². The van der Waals surface area contributed by atoms with Crippen molar-refractivity contribution < 1.29 is 17.6 Å². The van der Waals surface area contributed by atoms with Gasteiger partial charge in [-0.2, -0.15) is 0 Å². The van der Waals surface area contributed by atoms with Crippen LogP contribution in [0.1, 0.15) is 11.8 Å². The summed E-state index contributed by atoms with van der Waals surface area (Å²) in [6.45, 7) is 2.98. The zero-order valence-electron chi connectivity index (χ0n) is 13.0. The maximum absolute atomic E-state index is 12.6. The average Bonchev–Trinajstić information content (AvgIpc) is 3.10. The average molecular weight is 415 g/mol. The Morgan fingerprint density at radius 1 is 1.17 bits per heavy atom. The first kappa shape index (κ1) is 17.6. The van der Waals surface area contributed by atoms with Crippen molar-refractivity contribution in [3.8, 4) is 0 Å². The van der Waals surface area contributed by atoms with Crippen molar-refractivity contribution in [2.24, 2.45) is 0 Å². The fourth-order valence-electron chi connectivity index (χ4n) is 2.71. The summed E-state index contributed by atoms with van der Waals surface area (Å²) in [5, 5.41) is 0. The predicted octanol–water partition coefficient (Wildman–Crippen LogP) is 2.39. The highest BCUT2D eigenvalue weighted by molar-refractivity contribution is 9.10. The van der Waals surface area contributed by atoms with E-state index in [1.807, 2.05) is 12.1 Å². The first-order valence-electron chi connectivity index (χ1n) is 7.67.